The normalized spacial score (nSPS) is 21.1. The number of rotatable bonds is 14. The lowest BCUT2D eigenvalue weighted by Gasteiger charge is -2.44. The van der Waals surface area contributed by atoms with Crippen molar-refractivity contribution in [3.63, 3.8) is 0 Å². The number of nitrogens with one attached hydrogen (secondary N) is 3. The number of sulfonamides is 1. The fourth-order valence-corrected chi connectivity index (χ4v) is 16.9. The van der Waals surface area contributed by atoms with Crippen molar-refractivity contribution >= 4 is 61.1 Å². The number of ether oxygens (including phenoxy) is 1. The first-order chi connectivity index (χ1) is 36.0. The van der Waals surface area contributed by atoms with E-state index in [0.29, 0.717) is 37.1 Å². The highest BCUT2D eigenvalue weighted by molar-refractivity contribution is 8.13. The zero-order valence-corrected chi connectivity index (χ0v) is 49.0. The molecule has 412 valence electrons. The average Bonchev–Trinajstić information content (AvgIpc) is 4.24. The minimum atomic E-state index is -4.03. The summed E-state index contributed by atoms with van der Waals surface area (Å²) in [5.41, 5.74) is 14.1. The number of H-pyrrole nitrogens is 1. The zero-order valence-electron chi connectivity index (χ0n) is 45.6. The third-order valence-corrected chi connectivity index (χ3v) is 22.7. The van der Waals surface area contributed by atoms with Crippen LogP contribution >= 0.6 is 10.7 Å². The predicted molar refractivity (Wildman–Crippen MR) is 301 cm³/mol. The van der Waals surface area contributed by atoms with Crippen LogP contribution in [0.4, 0.5) is 23.3 Å². The molecule has 0 unspecified atom stereocenters. The van der Waals surface area contributed by atoms with Crippen molar-refractivity contribution in [1.29, 1.82) is 0 Å². The summed E-state index contributed by atoms with van der Waals surface area (Å²) in [4.78, 5) is 13.9. The number of fused-ring (bicyclic) bond motifs is 4. The van der Waals surface area contributed by atoms with Crippen LogP contribution in [-0.2, 0) is 81.9 Å². The Morgan fingerprint density at radius 3 is 1.63 bits per heavy atom. The van der Waals surface area contributed by atoms with Crippen LogP contribution in [0.2, 0.25) is 25.7 Å². The minimum Gasteiger partial charge on any atom is -0.359 e. The summed E-state index contributed by atoms with van der Waals surface area (Å²) < 4.78 is 59.2. The molecule has 12 rings (SSSR count). The van der Waals surface area contributed by atoms with Crippen LogP contribution in [0.25, 0.3) is 0 Å². The fraction of sp³-hybridized carbons (Fsp3) is 0.709. The van der Waals surface area contributed by atoms with Crippen LogP contribution in [0.15, 0.2) is 22.4 Å². The first-order valence-electron chi connectivity index (χ1n) is 28.8. The largest absolute Gasteiger partial charge is 0.359 e. The number of piperidine rings is 1. The first-order valence-corrected chi connectivity index (χ1v) is 36.2. The Hall–Kier alpha value is -3.43. The van der Waals surface area contributed by atoms with Gasteiger partial charge in [-0.1, -0.05) is 64.9 Å². The Kier molecular flexibility index (Phi) is 16.6. The Bertz CT molecular complexity index is 2840. The maximum Gasteiger partial charge on any atom is 0.298 e. The number of benzene rings is 2. The molecular weight excluding hydrogens is 1020 g/mol. The van der Waals surface area contributed by atoms with Crippen molar-refractivity contribution in [2.45, 2.75) is 215 Å². The predicted octanol–water partition coefficient (Wildman–Crippen LogP) is 10.2. The summed E-state index contributed by atoms with van der Waals surface area (Å²) >= 11 is 0. The van der Waals surface area contributed by atoms with Crippen molar-refractivity contribution in [3.05, 3.63) is 56.6 Å². The molecule has 75 heavy (non-hydrogen) atoms. The molecule has 16 nitrogen and oxygen atoms in total. The molecule has 5 heterocycles. The molecule has 3 saturated heterocycles. The number of aromatic amines is 1. The quantitative estimate of drug-likeness (QED) is 0.0617. The molecule has 5 aliphatic carbocycles. The number of hydrogen-bond acceptors (Lipinski definition) is 13. The number of aromatic nitrogens is 6. The van der Waals surface area contributed by atoms with Gasteiger partial charge in [0, 0.05) is 60.9 Å². The maximum atomic E-state index is 13.3. The van der Waals surface area contributed by atoms with Crippen molar-refractivity contribution in [1.82, 2.24) is 44.1 Å². The standard InChI is InChI=1S/C24H34N6O2S.C20H29ClN4O3SSi.C11H21N/c1-2-29-13-5-10-24(29)11-14-30(15-12-24)33(31,32)23-26-22(27-28-23)25-21-19-8-3-6-17(19)16-18-7-4-9-20(18)21;1-30(2,3)11-10-28-13-25-19(23-20(24-25)29(21,26)27)22-18-16-8-4-6-14(16)12-15-7-5-9-17(15)18;1-2-12-10-6-9-11(12)7-4-3-5-8-11/h16H,2-15H2,1H3,(H2,25,26,27,28);12H,4-11,13H2,1-3H3,(H,22,23,24);2-10H2,1H3. The highest BCUT2D eigenvalue weighted by atomic mass is 35.7. The molecule has 0 amide bonds. The molecule has 3 N–H and O–H groups in total. The van der Waals surface area contributed by atoms with Gasteiger partial charge in [-0.25, -0.2) is 26.6 Å². The van der Waals surface area contributed by atoms with E-state index in [0.717, 1.165) is 108 Å². The molecule has 0 radical (unpaired) electrons. The second kappa shape index (κ2) is 22.7. The van der Waals surface area contributed by atoms with Crippen LogP contribution in [0, 0.1) is 0 Å². The van der Waals surface area contributed by atoms with E-state index in [4.69, 9.17) is 15.4 Å². The Morgan fingerprint density at radius 2 is 1.13 bits per heavy atom. The lowest BCUT2D eigenvalue weighted by Crippen LogP contribution is -2.53. The van der Waals surface area contributed by atoms with Gasteiger partial charge in [0.15, 0.2) is 0 Å². The summed E-state index contributed by atoms with van der Waals surface area (Å²) in [6.45, 7) is 18.0. The molecule has 2 spiro atoms. The van der Waals surface area contributed by atoms with E-state index in [9.17, 15) is 16.8 Å². The molecule has 0 bridgehead atoms. The van der Waals surface area contributed by atoms with Crippen molar-refractivity contribution in [2.24, 2.45) is 0 Å². The molecule has 3 aliphatic heterocycles. The van der Waals surface area contributed by atoms with E-state index in [1.54, 1.807) is 4.31 Å². The highest BCUT2D eigenvalue weighted by Gasteiger charge is 2.45. The second-order valence-corrected chi connectivity index (χ2v) is 33.9. The number of hydrogen-bond donors (Lipinski definition) is 3. The monoisotopic (exact) mass is 1110 g/mol. The lowest BCUT2D eigenvalue weighted by molar-refractivity contribution is 0.0792. The van der Waals surface area contributed by atoms with E-state index < -0.39 is 32.3 Å². The van der Waals surface area contributed by atoms with Gasteiger partial charge < -0.3 is 15.4 Å². The van der Waals surface area contributed by atoms with Crippen LogP contribution < -0.4 is 10.6 Å². The number of nitrogens with zero attached hydrogens (tertiary/aromatic N) is 8. The van der Waals surface area contributed by atoms with Crippen LogP contribution in [0.5, 0.6) is 0 Å². The average molecular weight is 1110 g/mol. The topological polar surface area (TPSA) is 184 Å². The first kappa shape index (κ1) is 54.9. The van der Waals surface area contributed by atoms with Crippen LogP contribution in [-0.4, -0.2) is 126 Å². The van der Waals surface area contributed by atoms with Gasteiger partial charge in [0.25, 0.3) is 29.4 Å². The van der Waals surface area contributed by atoms with Gasteiger partial charge in [0.05, 0.1) is 0 Å². The summed E-state index contributed by atoms with van der Waals surface area (Å²) in [5.74, 6) is 0.709. The number of anilines is 4. The van der Waals surface area contributed by atoms with Crippen molar-refractivity contribution in [3.8, 4) is 0 Å². The molecule has 20 heteroatoms. The highest BCUT2D eigenvalue weighted by Crippen LogP contribution is 2.44. The smallest absolute Gasteiger partial charge is 0.298 e. The summed E-state index contributed by atoms with van der Waals surface area (Å²) in [6, 6.07) is 5.76. The molecular formula is C55H84ClN11O5S2Si. The van der Waals surface area contributed by atoms with Crippen molar-refractivity contribution < 1.29 is 21.6 Å². The van der Waals surface area contributed by atoms with Crippen LogP contribution in [0.1, 0.15) is 155 Å². The second-order valence-electron chi connectivity index (χ2n) is 24.0. The number of likely N-dealkylation sites (tertiary alicyclic amines) is 2. The van der Waals surface area contributed by atoms with E-state index in [1.165, 1.54) is 133 Å². The molecule has 4 fully saturated rings. The van der Waals surface area contributed by atoms with E-state index >= 15 is 0 Å². The maximum absolute atomic E-state index is 13.3. The van der Waals surface area contributed by atoms with Gasteiger partial charge in [0.2, 0.25) is 11.9 Å². The SMILES string of the molecule is CCN1CCCC12CCCCC2.CCN1CCCC12CCN(S(=O)(=O)c1nc(Nc3c4c(cc5c3CCC5)CCC4)n[nH]1)CC2.C[Si](C)(C)CCOCn1nc(S(=O)(=O)Cl)nc1Nc1c2c(cc3c1CCC3)CCC2. The summed E-state index contributed by atoms with van der Waals surface area (Å²) in [6.07, 6.45) is 27.7. The molecule has 4 aromatic rings. The third-order valence-electron chi connectivity index (χ3n) is 18.2. The van der Waals surface area contributed by atoms with Gasteiger partial charge in [-0.3, -0.25) is 9.80 Å². The van der Waals surface area contributed by atoms with Gasteiger partial charge in [-0.05, 0) is 205 Å². The van der Waals surface area contributed by atoms with E-state index in [-0.39, 0.29) is 17.4 Å². The molecule has 0 atom stereocenters. The Labute approximate surface area is 452 Å². The third kappa shape index (κ3) is 11.8. The van der Waals surface area contributed by atoms with Gasteiger partial charge >= 0.3 is 0 Å². The zero-order chi connectivity index (χ0) is 52.6. The number of aryl methyl sites for hydroxylation is 4. The lowest BCUT2D eigenvalue weighted by atomic mass is 9.80. The minimum absolute atomic E-state index is 0.0519. The molecule has 8 aliphatic rings. The molecule has 2 aromatic carbocycles. The summed E-state index contributed by atoms with van der Waals surface area (Å²) in [5, 5.41) is 17.5. The molecule has 2 aromatic heterocycles. The van der Waals surface area contributed by atoms with E-state index in [2.05, 4.69) is 91.3 Å². The van der Waals surface area contributed by atoms with Gasteiger partial charge in [0.1, 0.15) is 6.73 Å². The Morgan fingerprint density at radius 1 is 0.640 bits per heavy atom. The van der Waals surface area contributed by atoms with Gasteiger partial charge in [-0.15, -0.1) is 10.2 Å². The summed E-state index contributed by atoms with van der Waals surface area (Å²) in [7, 11) is -3.41. The van der Waals surface area contributed by atoms with E-state index in [1.807, 2.05) is 0 Å². The Balaban J connectivity index is 0.000000141. The van der Waals surface area contributed by atoms with Crippen LogP contribution in [0.3, 0.4) is 0 Å². The van der Waals surface area contributed by atoms with Crippen molar-refractivity contribution in [2.75, 3.05) is 56.5 Å². The van der Waals surface area contributed by atoms with Gasteiger partial charge in [-0.2, -0.15) is 14.3 Å². The fourth-order valence-electron chi connectivity index (χ4n) is 14.3. The number of halogens is 1. The molecule has 1 saturated carbocycles.